The van der Waals surface area contributed by atoms with E-state index in [-0.39, 0.29) is 18.0 Å². The van der Waals surface area contributed by atoms with Crippen molar-refractivity contribution in [2.75, 3.05) is 18.4 Å². The number of nitrogens with two attached hydrogens (primary N) is 1. The van der Waals surface area contributed by atoms with Crippen molar-refractivity contribution in [3.8, 4) is 0 Å². The predicted octanol–water partition coefficient (Wildman–Crippen LogP) is 3.41. The van der Waals surface area contributed by atoms with Gasteiger partial charge in [0.2, 0.25) is 11.8 Å². The zero-order valence-corrected chi connectivity index (χ0v) is 20.1. The van der Waals surface area contributed by atoms with Gasteiger partial charge in [-0.05, 0) is 90.7 Å². The third-order valence-electron chi connectivity index (χ3n) is 7.17. The lowest BCUT2D eigenvalue weighted by atomic mass is 9.92. The van der Waals surface area contributed by atoms with Crippen LogP contribution in [0.5, 0.6) is 0 Å². The molecule has 3 aromatic carbocycles. The average Bonchev–Trinajstić information content (AvgIpc) is 3.08. The fraction of sp³-hybridized carbons (Fsp3) is 0.310. The molecule has 0 saturated heterocycles. The van der Waals surface area contributed by atoms with Crippen LogP contribution in [0.15, 0.2) is 60.7 Å². The average molecular weight is 469 g/mol. The van der Waals surface area contributed by atoms with E-state index in [2.05, 4.69) is 58.4 Å². The van der Waals surface area contributed by atoms with E-state index in [4.69, 9.17) is 5.73 Å². The molecule has 2 atom stereocenters. The van der Waals surface area contributed by atoms with Crippen LogP contribution in [-0.4, -0.2) is 30.9 Å². The highest BCUT2D eigenvalue weighted by molar-refractivity contribution is 5.93. The summed E-state index contributed by atoms with van der Waals surface area (Å²) in [6.45, 7) is 3.49. The van der Waals surface area contributed by atoms with Gasteiger partial charge in [0, 0.05) is 17.8 Å². The quantitative estimate of drug-likeness (QED) is 0.461. The second kappa shape index (κ2) is 9.92. The number of nitrogens with one attached hydrogen (secondary N) is 3. The number of carbonyl (C=O) groups excluding carboxylic acids is 2. The highest BCUT2D eigenvalue weighted by Crippen LogP contribution is 2.32. The first-order valence-corrected chi connectivity index (χ1v) is 12.3. The molecule has 0 fully saturated rings. The number of aryl methyl sites for hydroxylation is 1. The van der Waals surface area contributed by atoms with Gasteiger partial charge in [-0.25, -0.2) is 0 Å². The third-order valence-corrected chi connectivity index (χ3v) is 7.17. The summed E-state index contributed by atoms with van der Waals surface area (Å²) < 4.78 is 0. The molecule has 2 unspecified atom stereocenters. The van der Waals surface area contributed by atoms with Crippen molar-refractivity contribution in [3.05, 3.63) is 99.6 Å². The molecule has 3 aromatic rings. The summed E-state index contributed by atoms with van der Waals surface area (Å²) in [6.07, 6.45) is 3.07. The molecule has 6 nitrogen and oxygen atoms in total. The number of amides is 2. The number of rotatable bonds is 5. The Morgan fingerprint density at radius 2 is 1.86 bits per heavy atom. The lowest BCUT2D eigenvalue weighted by Crippen LogP contribution is -2.47. The SMILES string of the molecule is Cc1cc(C(N)=O)cc2c1CC(C(=O)NC1CCNc3ccc(Cc4ccccc4)cc31)NCC2. The maximum absolute atomic E-state index is 13.4. The minimum absolute atomic E-state index is 0.0162. The van der Waals surface area contributed by atoms with E-state index in [9.17, 15) is 9.59 Å². The van der Waals surface area contributed by atoms with Gasteiger partial charge in [-0.3, -0.25) is 9.59 Å². The Morgan fingerprint density at radius 1 is 1.03 bits per heavy atom. The van der Waals surface area contributed by atoms with Crippen LogP contribution in [0.3, 0.4) is 0 Å². The summed E-state index contributed by atoms with van der Waals surface area (Å²) in [5.74, 6) is -0.402. The Hall–Kier alpha value is -3.64. The van der Waals surface area contributed by atoms with Gasteiger partial charge < -0.3 is 21.7 Å². The number of carbonyl (C=O) groups is 2. The van der Waals surface area contributed by atoms with Crippen LogP contribution in [0.25, 0.3) is 0 Å². The first kappa shape index (κ1) is 23.1. The van der Waals surface area contributed by atoms with E-state index in [0.29, 0.717) is 18.5 Å². The van der Waals surface area contributed by atoms with Gasteiger partial charge in [0.25, 0.3) is 0 Å². The van der Waals surface area contributed by atoms with Crippen molar-refractivity contribution >= 4 is 17.5 Å². The molecular formula is C29H32N4O2. The zero-order valence-electron chi connectivity index (χ0n) is 20.1. The highest BCUT2D eigenvalue weighted by Gasteiger charge is 2.28. The standard InChI is InChI=1S/C29H32N4O2/c1-18-13-22(28(30)34)16-21-9-11-32-27(17-23(18)21)29(35)33-26-10-12-31-25-8-7-20(15-24(25)26)14-19-5-3-2-4-6-19/h2-8,13,15-16,26-27,31-32H,9-12,14,17H2,1H3,(H2,30,34)(H,33,35). The number of hydrogen-bond acceptors (Lipinski definition) is 4. The molecule has 35 heavy (non-hydrogen) atoms. The summed E-state index contributed by atoms with van der Waals surface area (Å²) >= 11 is 0. The topological polar surface area (TPSA) is 96.2 Å². The minimum Gasteiger partial charge on any atom is -0.385 e. The molecule has 0 radical (unpaired) electrons. The molecule has 0 aliphatic carbocycles. The molecule has 2 heterocycles. The number of hydrogen-bond donors (Lipinski definition) is 4. The van der Waals surface area contributed by atoms with Crippen LogP contribution in [0.4, 0.5) is 5.69 Å². The molecule has 5 rings (SSSR count). The van der Waals surface area contributed by atoms with Gasteiger partial charge in [-0.1, -0.05) is 42.5 Å². The fourth-order valence-corrected chi connectivity index (χ4v) is 5.32. The number of anilines is 1. The molecule has 0 saturated carbocycles. The Bertz CT molecular complexity index is 1260. The molecule has 2 amide bonds. The van der Waals surface area contributed by atoms with Gasteiger partial charge >= 0.3 is 0 Å². The lowest BCUT2D eigenvalue weighted by Gasteiger charge is -2.29. The summed E-state index contributed by atoms with van der Waals surface area (Å²) in [7, 11) is 0. The molecule has 0 bridgehead atoms. The molecule has 2 aliphatic heterocycles. The van der Waals surface area contributed by atoms with Crippen LogP contribution < -0.4 is 21.7 Å². The largest absolute Gasteiger partial charge is 0.385 e. The van der Waals surface area contributed by atoms with Crippen LogP contribution >= 0.6 is 0 Å². The molecule has 6 heteroatoms. The number of primary amides is 1. The third kappa shape index (κ3) is 5.08. The van der Waals surface area contributed by atoms with E-state index < -0.39 is 5.91 Å². The molecule has 5 N–H and O–H groups in total. The van der Waals surface area contributed by atoms with Crippen LogP contribution in [0, 0.1) is 6.92 Å². The van der Waals surface area contributed by atoms with Crippen molar-refractivity contribution in [3.63, 3.8) is 0 Å². The second-order valence-electron chi connectivity index (χ2n) is 9.62. The Labute approximate surface area is 206 Å². The molecular weight excluding hydrogens is 436 g/mol. The summed E-state index contributed by atoms with van der Waals surface area (Å²) in [4.78, 5) is 25.1. The molecule has 0 spiro atoms. The summed E-state index contributed by atoms with van der Waals surface area (Å²) in [6, 6.07) is 20.3. The van der Waals surface area contributed by atoms with Crippen molar-refractivity contribution in [1.29, 1.82) is 0 Å². The molecule has 180 valence electrons. The van der Waals surface area contributed by atoms with Gasteiger partial charge in [-0.2, -0.15) is 0 Å². The number of fused-ring (bicyclic) bond motifs is 2. The maximum Gasteiger partial charge on any atom is 0.248 e. The van der Waals surface area contributed by atoms with E-state index in [1.807, 2.05) is 25.1 Å². The Balaban J connectivity index is 1.33. The van der Waals surface area contributed by atoms with Crippen LogP contribution in [0.2, 0.25) is 0 Å². The van der Waals surface area contributed by atoms with E-state index in [1.165, 1.54) is 11.1 Å². The second-order valence-corrected chi connectivity index (χ2v) is 9.62. The lowest BCUT2D eigenvalue weighted by molar-refractivity contribution is -0.123. The van der Waals surface area contributed by atoms with Gasteiger partial charge in [0.1, 0.15) is 0 Å². The van der Waals surface area contributed by atoms with E-state index in [0.717, 1.165) is 53.7 Å². The van der Waals surface area contributed by atoms with Crippen molar-refractivity contribution in [2.45, 2.75) is 44.7 Å². The van der Waals surface area contributed by atoms with E-state index >= 15 is 0 Å². The normalized spacial score (nSPS) is 19.0. The van der Waals surface area contributed by atoms with Gasteiger partial charge in [0.05, 0.1) is 12.1 Å². The summed E-state index contributed by atoms with van der Waals surface area (Å²) in [5.41, 5.74) is 14.0. The van der Waals surface area contributed by atoms with E-state index in [1.54, 1.807) is 0 Å². The Kier molecular flexibility index (Phi) is 6.55. The van der Waals surface area contributed by atoms with Crippen molar-refractivity contribution in [1.82, 2.24) is 10.6 Å². The zero-order chi connectivity index (χ0) is 24.4. The monoisotopic (exact) mass is 468 g/mol. The molecule has 0 aromatic heterocycles. The molecule has 2 aliphatic rings. The van der Waals surface area contributed by atoms with Crippen molar-refractivity contribution in [2.24, 2.45) is 5.73 Å². The first-order chi connectivity index (χ1) is 17.0. The predicted molar refractivity (Wildman–Crippen MR) is 139 cm³/mol. The first-order valence-electron chi connectivity index (χ1n) is 12.3. The van der Waals surface area contributed by atoms with Crippen LogP contribution in [0.1, 0.15) is 56.2 Å². The maximum atomic E-state index is 13.4. The smallest absolute Gasteiger partial charge is 0.248 e. The fourth-order valence-electron chi connectivity index (χ4n) is 5.32. The number of benzene rings is 3. The van der Waals surface area contributed by atoms with Gasteiger partial charge in [-0.15, -0.1) is 0 Å². The van der Waals surface area contributed by atoms with Crippen molar-refractivity contribution < 1.29 is 9.59 Å². The Morgan fingerprint density at radius 3 is 2.66 bits per heavy atom. The highest BCUT2D eigenvalue weighted by atomic mass is 16.2. The van der Waals surface area contributed by atoms with Crippen LogP contribution in [-0.2, 0) is 24.1 Å². The minimum atomic E-state index is -0.418. The van der Waals surface area contributed by atoms with Gasteiger partial charge in [0.15, 0.2) is 0 Å². The summed E-state index contributed by atoms with van der Waals surface area (Å²) in [5, 5.41) is 10.2.